The van der Waals surface area contributed by atoms with Crippen LogP contribution < -0.4 is 5.32 Å². The first-order chi connectivity index (χ1) is 12.8. The molecule has 27 heavy (non-hydrogen) atoms. The summed E-state index contributed by atoms with van der Waals surface area (Å²) in [5, 5.41) is 3.43. The summed E-state index contributed by atoms with van der Waals surface area (Å²) in [6.07, 6.45) is -1.05. The molecule has 1 atom stereocenters. The van der Waals surface area contributed by atoms with Gasteiger partial charge in [0.1, 0.15) is 9.88 Å². The molecule has 2 heterocycles. The van der Waals surface area contributed by atoms with Gasteiger partial charge in [-0.05, 0) is 32.4 Å². The molecule has 8 heteroatoms. The number of carbonyl (C=O) groups is 3. The highest BCUT2D eigenvalue weighted by atomic mass is 32.1. The van der Waals surface area contributed by atoms with Gasteiger partial charge in [-0.1, -0.05) is 18.2 Å². The molecule has 0 amide bonds. The average Bonchev–Trinajstić information content (AvgIpc) is 3.12. The Morgan fingerprint density at radius 2 is 1.93 bits per heavy atom. The van der Waals surface area contributed by atoms with Crippen LogP contribution in [-0.4, -0.2) is 31.1 Å². The summed E-state index contributed by atoms with van der Waals surface area (Å²) in [5.74, 6) is -1.56. The summed E-state index contributed by atoms with van der Waals surface area (Å²) >= 11 is 1.06. The zero-order valence-electron chi connectivity index (χ0n) is 15.3. The van der Waals surface area contributed by atoms with E-state index >= 15 is 0 Å². The van der Waals surface area contributed by atoms with Gasteiger partial charge in [-0.25, -0.2) is 14.4 Å². The first-order valence-corrected chi connectivity index (χ1v) is 9.14. The highest BCUT2D eigenvalue weighted by molar-refractivity contribution is 7.18. The number of nitrogens with one attached hydrogen (secondary N) is 1. The van der Waals surface area contributed by atoms with Crippen molar-refractivity contribution in [2.75, 3.05) is 12.4 Å². The molecule has 1 N–H and O–H groups in total. The second-order valence-corrected chi connectivity index (χ2v) is 7.24. The van der Waals surface area contributed by atoms with Crippen molar-refractivity contribution in [3.63, 3.8) is 0 Å². The molecule has 7 nitrogen and oxygen atoms in total. The van der Waals surface area contributed by atoms with Crippen molar-refractivity contribution >= 4 is 34.2 Å². The molecule has 1 aliphatic rings. The van der Waals surface area contributed by atoms with Crippen molar-refractivity contribution in [2.45, 2.75) is 33.1 Å². The van der Waals surface area contributed by atoms with Crippen LogP contribution in [0.2, 0.25) is 0 Å². The van der Waals surface area contributed by atoms with Gasteiger partial charge < -0.3 is 19.5 Å². The van der Waals surface area contributed by atoms with Crippen LogP contribution in [0.5, 0.6) is 0 Å². The normalized spacial score (nSPS) is 15.3. The van der Waals surface area contributed by atoms with Crippen LogP contribution in [0.3, 0.4) is 0 Å². The van der Waals surface area contributed by atoms with E-state index < -0.39 is 24.1 Å². The molecule has 0 radical (unpaired) electrons. The highest BCUT2D eigenvalue weighted by Crippen LogP contribution is 2.39. The van der Waals surface area contributed by atoms with E-state index in [0.717, 1.165) is 11.3 Å². The Bertz CT molecular complexity index is 917. The average molecular weight is 389 g/mol. The second-order valence-electron chi connectivity index (χ2n) is 6.22. The fourth-order valence-electron chi connectivity index (χ4n) is 2.80. The summed E-state index contributed by atoms with van der Waals surface area (Å²) in [6, 6.07) is 6.98. The molecule has 142 valence electrons. The van der Waals surface area contributed by atoms with Crippen molar-refractivity contribution in [3.05, 3.63) is 51.4 Å². The van der Waals surface area contributed by atoms with Gasteiger partial charge in [0.05, 0.1) is 24.3 Å². The van der Waals surface area contributed by atoms with E-state index in [-0.39, 0.29) is 11.7 Å². The van der Waals surface area contributed by atoms with E-state index in [2.05, 4.69) is 5.32 Å². The lowest BCUT2D eigenvalue weighted by molar-refractivity contribution is 0.0381. The highest BCUT2D eigenvalue weighted by Gasteiger charge is 2.34. The summed E-state index contributed by atoms with van der Waals surface area (Å²) in [6.45, 7) is 5.14. The number of hydrogen-bond acceptors (Lipinski definition) is 8. The maximum absolute atomic E-state index is 12.4. The maximum atomic E-state index is 12.4. The van der Waals surface area contributed by atoms with Gasteiger partial charge in [-0.15, -0.1) is 11.3 Å². The van der Waals surface area contributed by atoms with Crippen LogP contribution in [0.1, 0.15) is 61.6 Å². The molecule has 1 aromatic heterocycles. The van der Waals surface area contributed by atoms with Gasteiger partial charge in [0.25, 0.3) is 0 Å². The molecule has 0 aliphatic carbocycles. The van der Waals surface area contributed by atoms with Crippen LogP contribution in [0.4, 0.5) is 5.00 Å². The molecule has 0 fully saturated rings. The predicted octanol–water partition coefficient (Wildman–Crippen LogP) is 3.69. The van der Waals surface area contributed by atoms with Crippen molar-refractivity contribution in [1.82, 2.24) is 0 Å². The molecule has 0 saturated heterocycles. The Kier molecular flexibility index (Phi) is 5.18. The number of esters is 3. The third-order valence-corrected chi connectivity index (χ3v) is 5.22. The van der Waals surface area contributed by atoms with Gasteiger partial charge in [0.15, 0.2) is 0 Å². The summed E-state index contributed by atoms with van der Waals surface area (Å²) in [5.41, 5.74) is 1.80. The van der Waals surface area contributed by atoms with Gasteiger partial charge in [-0.2, -0.15) is 0 Å². The number of methoxy groups -OCH3 is 1. The first-order valence-electron chi connectivity index (χ1n) is 8.32. The molecule has 1 aromatic carbocycles. The molecule has 0 bridgehead atoms. The molecular formula is C19H19NO6S. The first kappa shape index (κ1) is 18.9. The molecule has 0 saturated carbocycles. The summed E-state index contributed by atoms with van der Waals surface area (Å²) in [4.78, 5) is 37.0. The molecule has 1 aliphatic heterocycles. The quantitative estimate of drug-likeness (QED) is 0.616. The van der Waals surface area contributed by atoms with Gasteiger partial charge >= 0.3 is 17.9 Å². The third-order valence-electron chi connectivity index (χ3n) is 4.01. The van der Waals surface area contributed by atoms with Gasteiger partial charge in [-0.3, -0.25) is 0 Å². The fourth-order valence-corrected chi connectivity index (χ4v) is 3.89. The third kappa shape index (κ3) is 3.52. The van der Waals surface area contributed by atoms with Crippen molar-refractivity contribution in [3.8, 4) is 0 Å². The van der Waals surface area contributed by atoms with Crippen molar-refractivity contribution in [2.24, 2.45) is 0 Å². The van der Waals surface area contributed by atoms with E-state index in [0.29, 0.717) is 26.6 Å². The Labute approximate surface area is 160 Å². The number of ether oxygens (including phenoxy) is 3. The Morgan fingerprint density at radius 1 is 1.22 bits per heavy atom. The number of benzene rings is 1. The zero-order valence-corrected chi connectivity index (χ0v) is 16.1. The van der Waals surface area contributed by atoms with Crippen LogP contribution >= 0.6 is 11.3 Å². The van der Waals surface area contributed by atoms with Gasteiger partial charge in [0, 0.05) is 5.56 Å². The minimum atomic E-state index is -0.760. The van der Waals surface area contributed by atoms with E-state index in [1.807, 2.05) is 0 Å². The zero-order chi connectivity index (χ0) is 19.7. The molecule has 0 spiro atoms. The number of carbonyl (C=O) groups excluding carboxylic acids is 3. The van der Waals surface area contributed by atoms with Crippen LogP contribution in [0.25, 0.3) is 0 Å². The van der Waals surface area contributed by atoms with Crippen LogP contribution in [0.15, 0.2) is 24.3 Å². The number of rotatable bonds is 5. The topological polar surface area (TPSA) is 90.9 Å². The van der Waals surface area contributed by atoms with E-state index in [1.165, 1.54) is 7.11 Å². The second kappa shape index (κ2) is 7.40. The van der Waals surface area contributed by atoms with Crippen molar-refractivity contribution < 1.29 is 28.6 Å². The van der Waals surface area contributed by atoms with Crippen molar-refractivity contribution in [1.29, 1.82) is 0 Å². The van der Waals surface area contributed by atoms with Gasteiger partial charge in [0.2, 0.25) is 6.23 Å². The standard InChI is InChI=1S/C19H19NO6S/c1-9(2)25-19(23)14-10(3)13(18(22)24-4)16(27-14)20-15-11-7-5-6-8-12(11)17(21)26-15/h5-9,15,20H,1-4H3/t15-/m1/s1. The lowest BCUT2D eigenvalue weighted by atomic mass is 10.1. The fraction of sp³-hybridized carbons (Fsp3) is 0.316. The smallest absolute Gasteiger partial charge is 0.348 e. The number of anilines is 1. The molecule has 3 rings (SSSR count). The molecule has 0 unspecified atom stereocenters. The van der Waals surface area contributed by atoms with E-state index in [4.69, 9.17) is 14.2 Å². The maximum Gasteiger partial charge on any atom is 0.348 e. The van der Waals surface area contributed by atoms with E-state index in [1.54, 1.807) is 45.0 Å². The summed E-state index contributed by atoms with van der Waals surface area (Å²) < 4.78 is 15.5. The SMILES string of the molecule is COC(=O)c1c(N[C@@H]2OC(=O)c3ccccc32)sc(C(=O)OC(C)C)c1C. The number of hydrogen-bond donors (Lipinski definition) is 1. The summed E-state index contributed by atoms with van der Waals surface area (Å²) in [7, 11) is 1.26. The number of thiophene rings is 1. The Hall–Kier alpha value is -2.87. The molecular weight excluding hydrogens is 370 g/mol. The van der Waals surface area contributed by atoms with Crippen LogP contribution in [-0.2, 0) is 14.2 Å². The Morgan fingerprint density at radius 3 is 2.59 bits per heavy atom. The lowest BCUT2D eigenvalue weighted by Gasteiger charge is -2.14. The minimum Gasteiger partial charge on any atom is -0.465 e. The largest absolute Gasteiger partial charge is 0.465 e. The predicted molar refractivity (Wildman–Crippen MR) is 99.2 cm³/mol. The minimum absolute atomic E-state index is 0.221. The molecule has 2 aromatic rings. The number of cyclic esters (lactones) is 1. The lowest BCUT2D eigenvalue weighted by Crippen LogP contribution is -2.13. The van der Waals surface area contributed by atoms with E-state index in [9.17, 15) is 14.4 Å². The monoisotopic (exact) mass is 389 g/mol. The van der Waals surface area contributed by atoms with Crippen LogP contribution in [0, 0.1) is 6.92 Å². The Balaban J connectivity index is 1.99. The number of fused-ring (bicyclic) bond motifs is 1.